The zero-order chi connectivity index (χ0) is 14.9. The van der Waals surface area contributed by atoms with E-state index >= 15 is 0 Å². The van der Waals surface area contributed by atoms with Crippen molar-refractivity contribution in [2.24, 2.45) is 5.92 Å². The minimum absolute atomic E-state index is 0.104. The molecule has 1 saturated heterocycles. The maximum absolute atomic E-state index is 14.1. The fourth-order valence-electron chi connectivity index (χ4n) is 2.30. The van der Waals surface area contributed by atoms with Crippen LogP contribution in [0.2, 0.25) is 0 Å². The molecule has 2 unspecified atom stereocenters. The number of hydrogen-bond donors (Lipinski definition) is 2. The SMILES string of the molecule is CNS(=O)(=O)c1ccc(N2CCC(C)C(O)C2)c(F)c1. The van der Waals surface area contributed by atoms with Gasteiger partial charge in [-0.05, 0) is 37.6 Å². The van der Waals surface area contributed by atoms with Crippen molar-refractivity contribution >= 4 is 15.7 Å². The molecule has 0 aromatic heterocycles. The monoisotopic (exact) mass is 302 g/mol. The number of β-amino-alcohol motifs (C(OH)–C–C–N with tert-alkyl or cyclic N) is 1. The highest BCUT2D eigenvalue weighted by Gasteiger charge is 2.26. The topological polar surface area (TPSA) is 69.6 Å². The zero-order valence-electron chi connectivity index (χ0n) is 11.5. The second kappa shape index (κ2) is 5.67. The molecule has 0 aliphatic carbocycles. The molecule has 0 spiro atoms. The van der Waals surface area contributed by atoms with Crippen LogP contribution in [0.3, 0.4) is 0 Å². The van der Waals surface area contributed by atoms with E-state index in [0.717, 1.165) is 12.5 Å². The first-order valence-electron chi connectivity index (χ1n) is 6.51. The summed E-state index contributed by atoms with van der Waals surface area (Å²) in [4.78, 5) is 1.64. The van der Waals surface area contributed by atoms with Gasteiger partial charge in [0.2, 0.25) is 10.0 Å². The highest BCUT2D eigenvalue weighted by atomic mass is 32.2. The molecule has 20 heavy (non-hydrogen) atoms. The van der Waals surface area contributed by atoms with E-state index in [1.807, 2.05) is 6.92 Å². The summed E-state index contributed by atoms with van der Waals surface area (Å²) in [7, 11) is -2.36. The van der Waals surface area contributed by atoms with Gasteiger partial charge in [0.1, 0.15) is 5.82 Å². The lowest BCUT2D eigenvalue weighted by atomic mass is 9.95. The molecular formula is C13H19FN2O3S. The molecule has 2 rings (SSSR count). The number of aliphatic hydroxyl groups is 1. The van der Waals surface area contributed by atoms with E-state index in [0.29, 0.717) is 18.8 Å². The van der Waals surface area contributed by atoms with Crippen LogP contribution in [0.1, 0.15) is 13.3 Å². The lowest BCUT2D eigenvalue weighted by Crippen LogP contribution is -2.43. The third kappa shape index (κ3) is 2.94. The molecule has 5 nitrogen and oxygen atoms in total. The first-order chi connectivity index (χ1) is 9.35. The summed E-state index contributed by atoms with van der Waals surface area (Å²) in [5.41, 5.74) is 0.325. The third-order valence-corrected chi connectivity index (χ3v) is 5.17. The highest BCUT2D eigenvalue weighted by molar-refractivity contribution is 7.89. The van der Waals surface area contributed by atoms with Crippen molar-refractivity contribution in [3.8, 4) is 0 Å². The van der Waals surface area contributed by atoms with Crippen LogP contribution in [0.4, 0.5) is 10.1 Å². The van der Waals surface area contributed by atoms with E-state index in [1.165, 1.54) is 19.2 Å². The molecular weight excluding hydrogens is 283 g/mol. The molecule has 112 valence electrons. The Bertz CT molecular complexity index is 591. The van der Waals surface area contributed by atoms with E-state index in [1.54, 1.807) is 4.90 Å². The number of anilines is 1. The molecule has 0 amide bonds. The maximum Gasteiger partial charge on any atom is 0.240 e. The molecule has 1 aromatic carbocycles. The van der Waals surface area contributed by atoms with Crippen LogP contribution in [-0.4, -0.2) is 39.8 Å². The predicted molar refractivity (Wildman–Crippen MR) is 74.6 cm³/mol. The Labute approximate surface area is 118 Å². The largest absolute Gasteiger partial charge is 0.391 e. The lowest BCUT2D eigenvalue weighted by Gasteiger charge is -2.36. The van der Waals surface area contributed by atoms with E-state index in [-0.39, 0.29) is 10.8 Å². The molecule has 0 bridgehead atoms. The summed E-state index contributed by atoms with van der Waals surface area (Å²) >= 11 is 0. The fourth-order valence-corrected chi connectivity index (χ4v) is 3.04. The van der Waals surface area contributed by atoms with Gasteiger partial charge in [-0.25, -0.2) is 17.5 Å². The number of nitrogens with zero attached hydrogens (tertiary/aromatic N) is 1. The van der Waals surface area contributed by atoms with Crippen molar-refractivity contribution in [3.63, 3.8) is 0 Å². The summed E-state index contributed by atoms with van der Waals surface area (Å²) in [6.07, 6.45) is 0.279. The summed E-state index contributed by atoms with van der Waals surface area (Å²) in [5, 5.41) is 9.85. The number of nitrogens with one attached hydrogen (secondary N) is 1. The van der Waals surface area contributed by atoms with Gasteiger partial charge in [0.25, 0.3) is 0 Å². The predicted octanol–water partition coefficient (Wildman–Crippen LogP) is 0.941. The minimum Gasteiger partial charge on any atom is -0.391 e. The van der Waals surface area contributed by atoms with Crippen molar-refractivity contribution < 1.29 is 17.9 Å². The summed E-state index contributed by atoms with van der Waals surface area (Å²) in [6, 6.07) is 3.82. The van der Waals surface area contributed by atoms with Gasteiger partial charge in [-0.2, -0.15) is 0 Å². The van der Waals surface area contributed by atoms with E-state index < -0.39 is 21.9 Å². The molecule has 2 N–H and O–H groups in total. The highest BCUT2D eigenvalue weighted by Crippen LogP contribution is 2.27. The van der Waals surface area contributed by atoms with Crippen LogP contribution >= 0.6 is 0 Å². The smallest absolute Gasteiger partial charge is 0.240 e. The third-order valence-electron chi connectivity index (χ3n) is 3.76. The molecule has 1 aromatic rings. The van der Waals surface area contributed by atoms with Crippen molar-refractivity contribution in [1.82, 2.24) is 4.72 Å². The van der Waals surface area contributed by atoms with Gasteiger partial charge >= 0.3 is 0 Å². The number of sulfonamides is 1. The minimum atomic E-state index is -3.65. The molecule has 1 aliphatic rings. The van der Waals surface area contributed by atoms with Crippen LogP contribution in [0.5, 0.6) is 0 Å². The van der Waals surface area contributed by atoms with Gasteiger partial charge < -0.3 is 10.0 Å². The number of piperidine rings is 1. The average Bonchev–Trinajstić information content (AvgIpc) is 2.42. The number of halogens is 1. The van der Waals surface area contributed by atoms with Crippen molar-refractivity contribution in [2.75, 3.05) is 25.0 Å². The Kier molecular flexibility index (Phi) is 4.31. The van der Waals surface area contributed by atoms with Crippen molar-refractivity contribution in [1.29, 1.82) is 0 Å². The standard InChI is InChI=1S/C13H19FN2O3S/c1-9-5-6-16(8-13(9)17)12-4-3-10(7-11(12)14)20(18,19)15-2/h3-4,7,9,13,15,17H,5-6,8H2,1-2H3. The van der Waals surface area contributed by atoms with Gasteiger partial charge in [0.15, 0.2) is 0 Å². The van der Waals surface area contributed by atoms with E-state index in [9.17, 15) is 17.9 Å². The molecule has 2 atom stereocenters. The Morgan fingerprint density at radius 2 is 2.15 bits per heavy atom. The lowest BCUT2D eigenvalue weighted by molar-refractivity contribution is 0.102. The molecule has 0 saturated carbocycles. The molecule has 1 fully saturated rings. The number of rotatable bonds is 3. The average molecular weight is 302 g/mol. The van der Waals surface area contributed by atoms with Crippen molar-refractivity contribution in [2.45, 2.75) is 24.3 Å². The van der Waals surface area contributed by atoms with Crippen molar-refractivity contribution in [3.05, 3.63) is 24.0 Å². The second-order valence-electron chi connectivity index (χ2n) is 5.10. The van der Waals surface area contributed by atoms with Gasteiger partial charge in [0.05, 0.1) is 16.7 Å². The van der Waals surface area contributed by atoms with E-state index in [2.05, 4.69) is 4.72 Å². The maximum atomic E-state index is 14.1. The van der Waals surface area contributed by atoms with Crippen LogP contribution in [0, 0.1) is 11.7 Å². The number of hydrogen-bond acceptors (Lipinski definition) is 4. The van der Waals surface area contributed by atoms with Gasteiger partial charge in [-0.1, -0.05) is 6.92 Å². The summed E-state index contributed by atoms with van der Waals surface area (Å²) in [5.74, 6) is -0.402. The van der Waals surface area contributed by atoms with Crippen LogP contribution in [0.25, 0.3) is 0 Å². The zero-order valence-corrected chi connectivity index (χ0v) is 12.3. The Morgan fingerprint density at radius 1 is 1.45 bits per heavy atom. The molecule has 7 heteroatoms. The van der Waals surface area contributed by atoms with Crippen LogP contribution in [0.15, 0.2) is 23.1 Å². The van der Waals surface area contributed by atoms with Gasteiger partial charge in [0, 0.05) is 13.1 Å². The fraction of sp³-hybridized carbons (Fsp3) is 0.538. The van der Waals surface area contributed by atoms with Crippen LogP contribution in [-0.2, 0) is 10.0 Å². The molecule has 0 radical (unpaired) electrons. The first kappa shape index (κ1) is 15.2. The normalized spacial score (nSPS) is 23.9. The first-order valence-corrected chi connectivity index (χ1v) is 7.99. The van der Waals surface area contributed by atoms with Gasteiger partial charge in [-0.3, -0.25) is 0 Å². The number of benzene rings is 1. The van der Waals surface area contributed by atoms with Gasteiger partial charge in [-0.15, -0.1) is 0 Å². The Balaban J connectivity index is 2.27. The second-order valence-corrected chi connectivity index (χ2v) is 6.99. The number of aliphatic hydroxyl groups excluding tert-OH is 1. The van der Waals surface area contributed by atoms with Crippen LogP contribution < -0.4 is 9.62 Å². The summed E-state index contributed by atoms with van der Waals surface area (Å²) < 4.78 is 39.5. The quantitative estimate of drug-likeness (QED) is 0.872. The molecule has 1 aliphatic heterocycles. The Morgan fingerprint density at radius 3 is 2.70 bits per heavy atom. The molecule has 1 heterocycles. The Hall–Kier alpha value is -1.18. The summed E-state index contributed by atoms with van der Waals surface area (Å²) in [6.45, 7) is 2.96. The van der Waals surface area contributed by atoms with E-state index in [4.69, 9.17) is 0 Å².